The Kier molecular flexibility index (Phi) is 5.78. The molecule has 1 saturated heterocycles. The Hall–Kier alpha value is -0.680. The molecule has 2 atom stereocenters. The van der Waals surface area contributed by atoms with E-state index in [1.165, 1.54) is 7.11 Å². The van der Waals surface area contributed by atoms with Gasteiger partial charge in [0.15, 0.2) is 17.3 Å². The summed E-state index contributed by atoms with van der Waals surface area (Å²) >= 11 is 3.58. The molecule has 110 valence electrons. The maximum atomic E-state index is 14.1. The fraction of sp³-hybridized carbons (Fsp3) is 0.533. The van der Waals surface area contributed by atoms with Crippen molar-refractivity contribution < 1.29 is 13.9 Å². The Morgan fingerprint density at radius 2 is 2.15 bits per heavy atom. The highest BCUT2D eigenvalue weighted by atomic mass is 32.2. The van der Waals surface area contributed by atoms with Gasteiger partial charge in [0.25, 0.3) is 0 Å². The summed E-state index contributed by atoms with van der Waals surface area (Å²) in [6.07, 6.45) is 1.13. The second kappa shape index (κ2) is 7.36. The fourth-order valence-electron chi connectivity index (χ4n) is 2.34. The van der Waals surface area contributed by atoms with Gasteiger partial charge in [0.1, 0.15) is 0 Å². The summed E-state index contributed by atoms with van der Waals surface area (Å²) in [5, 5.41) is 0.347. The first kappa shape index (κ1) is 15.7. The third-order valence-electron chi connectivity index (χ3n) is 3.40. The van der Waals surface area contributed by atoms with Gasteiger partial charge in [-0.25, -0.2) is 4.39 Å². The number of hydrogen-bond donors (Lipinski definition) is 0. The molecule has 2 nitrogen and oxygen atoms in total. The molecular weight excluding hydrogens is 295 g/mol. The van der Waals surface area contributed by atoms with Gasteiger partial charge in [-0.2, -0.15) is 11.8 Å². The smallest absolute Gasteiger partial charge is 0.168 e. The Morgan fingerprint density at radius 1 is 1.40 bits per heavy atom. The van der Waals surface area contributed by atoms with Crippen LogP contribution in [0.2, 0.25) is 0 Å². The standard InChI is InChI=1S/C15H19FO2S2/c1-3-13-15(20-8-7-19-13)11(17)9-10-5-4-6-12(18-2)14(10)16/h4-6,13,15H,3,7-9H2,1-2H3. The number of Topliss-reactive ketones (excluding diaryl/α,β-unsaturated/α-hetero) is 1. The van der Waals surface area contributed by atoms with Crippen LogP contribution < -0.4 is 4.74 Å². The molecule has 0 saturated carbocycles. The number of rotatable bonds is 5. The van der Waals surface area contributed by atoms with Crippen LogP contribution in [0.4, 0.5) is 4.39 Å². The van der Waals surface area contributed by atoms with E-state index in [4.69, 9.17) is 4.74 Å². The van der Waals surface area contributed by atoms with E-state index in [1.807, 2.05) is 11.8 Å². The molecule has 1 heterocycles. The van der Waals surface area contributed by atoms with Gasteiger partial charge in [-0.3, -0.25) is 4.79 Å². The molecule has 0 bridgehead atoms. The molecule has 0 amide bonds. The van der Waals surface area contributed by atoms with Gasteiger partial charge in [-0.15, -0.1) is 11.8 Å². The second-order valence-electron chi connectivity index (χ2n) is 4.69. The highest BCUT2D eigenvalue weighted by molar-refractivity contribution is 8.07. The summed E-state index contributed by atoms with van der Waals surface area (Å²) in [7, 11) is 1.44. The van der Waals surface area contributed by atoms with E-state index in [-0.39, 0.29) is 23.2 Å². The topological polar surface area (TPSA) is 26.3 Å². The van der Waals surface area contributed by atoms with Crippen molar-refractivity contribution in [3.8, 4) is 5.75 Å². The number of carbonyl (C=O) groups excluding carboxylic acids is 1. The summed E-state index contributed by atoms with van der Waals surface area (Å²) in [4.78, 5) is 12.4. The quantitative estimate of drug-likeness (QED) is 0.830. The van der Waals surface area contributed by atoms with Gasteiger partial charge >= 0.3 is 0 Å². The summed E-state index contributed by atoms with van der Waals surface area (Å²) < 4.78 is 19.0. The lowest BCUT2D eigenvalue weighted by molar-refractivity contribution is -0.118. The zero-order valence-corrected chi connectivity index (χ0v) is 13.4. The molecule has 20 heavy (non-hydrogen) atoms. The third kappa shape index (κ3) is 3.50. The van der Waals surface area contributed by atoms with Crippen LogP contribution in [-0.4, -0.2) is 34.9 Å². The Morgan fingerprint density at radius 3 is 2.85 bits per heavy atom. The van der Waals surface area contributed by atoms with E-state index >= 15 is 0 Å². The highest BCUT2D eigenvalue weighted by Gasteiger charge is 2.31. The second-order valence-corrected chi connectivity index (χ2v) is 7.28. The molecule has 0 spiro atoms. The molecule has 1 aromatic rings. The van der Waals surface area contributed by atoms with Gasteiger partial charge in [-0.05, 0) is 18.1 Å². The van der Waals surface area contributed by atoms with E-state index in [9.17, 15) is 9.18 Å². The summed E-state index contributed by atoms with van der Waals surface area (Å²) in [5.41, 5.74) is 0.431. The van der Waals surface area contributed by atoms with Gasteiger partial charge in [0.05, 0.1) is 12.4 Å². The molecule has 0 N–H and O–H groups in total. The van der Waals surface area contributed by atoms with E-state index in [0.717, 1.165) is 17.9 Å². The first-order chi connectivity index (χ1) is 9.67. The van der Waals surface area contributed by atoms with E-state index in [0.29, 0.717) is 10.8 Å². The molecule has 1 aromatic carbocycles. The van der Waals surface area contributed by atoms with Crippen LogP contribution in [0, 0.1) is 5.82 Å². The number of carbonyl (C=O) groups is 1. The lowest BCUT2D eigenvalue weighted by atomic mass is 10.0. The Balaban J connectivity index is 2.11. The third-order valence-corrected chi connectivity index (χ3v) is 6.69. The van der Waals surface area contributed by atoms with Crippen molar-refractivity contribution in [2.45, 2.75) is 30.3 Å². The maximum absolute atomic E-state index is 14.1. The number of ether oxygens (including phenoxy) is 1. The SMILES string of the molecule is CCC1SCCSC1C(=O)Cc1cccc(OC)c1F. The first-order valence-electron chi connectivity index (χ1n) is 6.74. The van der Waals surface area contributed by atoms with Gasteiger partial charge < -0.3 is 4.74 Å². The van der Waals surface area contributed by atoms with Crippen molar-refractivity contribution in [3.05, 3.63) is 29.6 Å². The number of hydrogen-bond acceptors (Lipinski definition) is 4. The molecule has 0 aromatic heterocycles. The summed E-state index contributed by atoms with van der Waals surface area (Å²) in [6.45, 7) is 2.11. The molecule has 2 unspecified atom stereocenters. The molecular formula is C15H19FO2S2. The van der Waals surface area contributed by atoms with Crippen molar-refractivity contribution >= 4 is 29.3 Å². The number of halogens is 1. The number of ketones is 1. The summed E-state index contributed by atoms with van der Waals surface area (Å²) in [6, 6.07) is 4.96. The van der Waals surface area contributed by atoms with Crippen LogP contribution >= 0.6 is 23.5 Å². The van der Waals surface area contributed by atoms with E-state index < -0.39 is 5.82 Å². The molecule has 1 aliphatic heterocycles. The van der Waals surface area contributed by atoms with Crippen LogP contribution in [0.3, 0.4) is 0 Å². The van der Waals surface area contributed by atoms with Crippen molar-refractivity contribution in [2.75, 3.05) is 18.6 Å². The molecule has 5 heteroatoms. The average Bonchev–Trinajstić information content (AvgIpc) is 2.49. The lowest BCUT2D eigenvalue weighted by Crippen LogP contribution is -2.33. The van der Waals surface area contributed by atoms with E-state index in [1.54, 1.807) is 30.0 Å². The number of thioether (sulfide) groups is 2. The minimum absolute atomic E-state index is 0.00986. The van der Waals surface area contributed by atoms with Gasteiger partial charge in [0.2, 0.25) is 0 Å². The largest absolute Gasteiger partial charge is 0.494 e. The molecule has 0 radical (unpaired) electrons. The lowest BCUT2D eigenvalue weighted by Gasteiger charge is -2.28. The summed E-state index contributed by atoms with van der Waals surface area (Å²) in [5.74, 6) is 2.01. The molecule has 0 aliphatic carbocycles. The van der Waals surface area contributed by atoms with Crippen LogP contribution in [0.15, 0.2) is 18.2 Å². The monoisotopic (exact) mass is 314 g/mol. The molecule has 1 fully saturated rings. The Labute approximate surface area is 127 Å². The van der Waals surface area contributed by atoms with Crippen molar-refractivity contribution in [1.29, 1.82) is 0 Å². The van der Waals surface area contributed by atoms with Gasteiger partial charge in [0, 0.05) is 23.2 Å². The zero-order valence-electron chi connectivity index (χ0n) is 11.7. The van der Waals surface area contributed by atoms with Crippen molar-refractivity contribution in [1.82, 2.24) is 0 Å². The number of benzene rings is 1. The van der Waals surface area contributed by atoms with Crippen LogP contribution in [0.25, 0.3) is 0 Å². The van der Waals surface area contributed by atoms with Crippen molar-refractivity contribution in [2.24, 2.45) is 0 Å². The minimum Gasteiger partial charge on any atom is -0.494 e. The normalized spacial score (nSPS) is 22.6. The predicted octanol–water partition coefficient (Wildman–Crippen LogP) is 3.57. The van der Waals surface area contributed by atoms with Crippen LogP contribution in [0.1, 0.15) is 18.9 Å². The van der Waals surface area contributed by atoms with E-state index in [2.05, 4.69) is 6.92 Å². The Bertz CT molecular complexity index is 479. The molecule has 2 rings (SSSR count). The van der Waals surface area contributed by atoms with Crippen LogP contribution in [0.5, 0.6) is 5.75 Å². The number of methoxy groups -OCH3 is 1. The predicted molar refractivity (Wildman–Crippen MR) is 84.4 cm³/mol. The zero-order chi connectivity index (χ0) is 14.5. The van der Waals surface area contributed by atoms with Gasteiger partial charge in [-0.1, -0.05) is 19.1 Å². The van der Waals surface area contributed by atoms with Crippen LogP contribution in [-0.2, 0) is 11.2 Å². The van der Waals surface area contributed by atoms with Crippen molar-refractivity contribution in [3.63, 3.8) is 0 Å². The average molecular weight is 314 g/mol. The first-order valence-corrected chi connectivity index (χ1v) is 8.84. The fourth-order valence-corrected chi connectivity index (χ4v) is 5.38. The highest BCUT2D eigenvalue weighted by Crippen LogP contribution is 2.34. The maximum Gasteiger partial charge on any atom is 0.168 e. The molecule has 1 aliphatic rings. The minimum atomic E-state index is -0.412.